The first-order valence-electron chi connectivity index (χ1n) is 9.40. The number of hydrogen-bond acceptors (Lipinski definition) is 2. The van der Waals surface area contributed by atoms with Gasteiger partial charge in [0.2, 0.25) is 0 Å². The molecule has 126 valence electrons. The van der Waals surface area contributed by atoms with Gasteiger partial charge in [-0.1, -0.05) is 25.7 Å². The van der Waals surface area contributed by atoms with Crippen molar-refractivity contribution >= 4 is 5.96 Å². The Morgan fingerprint density at radius 3 is 2.55 bits per heavy atom. The maximum absolute atomic E-state index is 5.43. The minimum absolute atomic E-state index is 0.625. The highest BCUT2D eigenvalue weighted by Gasteiger charge is 2.32. The Bertz CT molecular complexity index is 365. The van der Waals surface area contributed by atoms with Gasteiger partial charge in [-0.05, 0) is 49.9 Å². The lowest BCUT2D eigenvalue weighted by Crippen LogP contribution is -2.48. The van der Waals surface area contributed by atoms with Crippen molar-refractivity contribution in [1.82, 2.24) is 10.6 Å². The topological polar surface area (TPSA) is 45.7 Å². The van der Waals surface area contributed by atoms with Gasteiger partial charge in [0.25, 0.3) is 0 Å². The lowest BCUT2D eigenvalue weighted by Gasteiger charge is -2.40. The van der Waals surface area contributed by atoms with Crippen LogP contribution in [-0.2, 0) is 4.74 Å². The summed E-state index contributed by atoms with van der Waals surface area (Å²) in [7, 11) is 1.89. The summed E-state index contributed by atoms with van der Waals surface area (Å²) in [5.74, 6) is 3.73. The number of fused-ring (bicyclic) bond motifs is 1. The Labute approximate surface area is 135 Å². The van der Waals surface area contributed by atoms with Gasteiger partial charge < -0.3 is 15.4 Å². The Morgan fingerprint density at radius 1 is 1.00 bits per heavy atom. The first-order valence-corrected chi connectivity index (χ1v) is 9.40. The third-order valence-corrected chi connectivity index (χ3v) is 6.00. The van der Waals surface area contributed by atoms with Crippen molar-refractivity contribution in [3.63, 3.8) is 0 Å². The summed E-state index contributed by atoms with van der Waals surface area (Å²) in [6.07, 6.45) is 12.3. The molecule has 0 radical (unpaired) electrons. The number of nitrogens with zero attached hydrogens (tertiary/aromatic N) is 1. The molecule has 3 fully saturated rings. The molecule has 1 aliphatic heterocycles. The van der Waals surface area contributed by atoms with Gasteiger partial charge in [0.05, 0.1) is 0 Å². The second kappa shape index (κ2) is 8.19. The Morgan fingerprint density at radius 2 is 1.77 bits per heavy atom. The molecule has 0 bridgehead atoms. The van der Waals surface area contributed by atoms with Crippen molar-refractivity contribution in [3.05, 3.63) is 0 Å². The molecular weight excluding hydrogens is 274 g/mol. The zero-order chi connectivity index (χ0) is 15.2. The summed E-state index contributed by atoms with van der Waals surface area (Å²) in [6.45, 7) is 2.87. The molecule has 0 aromatic heterocycles. The molecule has 0 aromatic rings. The summed E-state index contributed by atoms with van der Waals surface area (Å²) < 4.78 is 5.43. The van der Waals surface area contributed by atoms with Gasteiger partial charge >= 0.3 is 0 Å². The molecule has 1 saturated heterocycles. The number of aliphatic imine (C=N–C) groups is 1. The molecule has 3 unspecified atom stereocenters. The standard InChI is InChI=1S/C18H33N3O/c1-19-18(20-13-14-8-10-22-11-9-14)21-17-7-6-15-4-2-3-5-16(15)12-17/h14-17H,2-13H2,1H3,(H2,19,20,21). The number of guanidine groups is 1. The van der Waals surface area contributed by atoms with Gasteiger partial charge in [-0.15, -0.1) is 0 Å². The molecule has 4 heteroatoms. The monoisotopic (exact) mass is 307 g/mol. The smallest absolute Gasteiger partial charge is 0.191 e. The van der Waals surface area contributed by atoms with Crippen LogP contribution in [0.2, 0.25) is 0 Å². The summed E-state index contributed by atoms with van der Waals surface area (Å²) in [4.78, 5) is 4.43. The van der Waals surface area contributed by atoms with Crippen LogP contribution in [0, 0.1) is 17.8 Å². The van der Waals surface area contributed by atoms with Gasteiger partial charge in [0, 0.05) is 32.8 Å². The fraction of sp³-hybridized carbons (Fsp3) is 0.944. The van der Waals surface area contributed by atoms with Crippen molar-refractivity contribution in [2.45, 2.75) is 63.8 Å². The van der Waals surface area contributed by atoms with E-state index in [9.17, 15) is 0 Å². The fourth-order valence-electron chi connectivity index (χ4n) is 4.58. The number of rotatable bonds is 3. The number of nitrogens with one attached hydrogen (secondary N) is 2. The molecule has 0 aromatic carbocycles. The highest BCUT2D eigenvalue weighted by Crippen LogP contribution is 2.40. The molecule has 2 saturated carbocycles. The van der Waals surface area contributed by atoms with Crippen LogP contribution < -0.4 is 10.6 Å². The summed E-state index contributed by atoms with van der Waals surface area (Å²) in [5.41, 5.74) is 0. The highest BCUT2D eigenvalue weighted by molar-refractivity contribution is 5.79. The number of ether oxygens (including phenoxy) is 1. The molecule has 2 N–H and O–H groups in total. The molecular formula is C18H33N3O. The molecule has 3 rings (SSSR count). The van der Waals surface area contributed by atoms with Crippen LogP contribution in [0.15, 0.2) is 4.99 Å². The minimum atomic E-state index is 0.625. The quantitative estimate of drug-likeness (QED) is 0.622. The van der Waals surface area contributed by atoms with E-state index in [0.717, 1.165) is 43.5 Å². The second-order valence-electron chi connectivity index (χ2n) is 7.47. The molecule has 0 amide bonds. The van der Waals surface area contributed by atoms with E-state index in [2.05, 4.69) is 15.6 Å². The average Bonchev–Trinajstić information content (AvgIpc) is 2.59. The predicted molar refractivity (Wildman–Crippen MR) is 91.1 cm³/mol. The van der Waals surface area contributed by atoms with Crippen LogP contribution >= 0.6 is 0 Å². The van der Waals surface area contributed by atoms with Crippen molar-refractivity contribution in [1.29, 1.82) is 0 Å². The van der Waals surface area contributed by atoms with E-state index in [1.165, 1.54) is 57.8 Å². The normalized spacial score (nSPS) is 34.0. The van der Waals surface area contributed by atoms with E-state index in [1.54, 1.807) is 0 Å². The lowest BCUT2D eigenvalue weighted by atomic mass is 9.69. The largest absolute Gasteiger partial charge is 0.381 e. The van der Waals surface area contributed by atoms with E-state index in [4.69, 9.17) is 4.74 Å². The SMILES string of the molecule is CN=C(NCC1CCOCC1)NC1CCC2CCCCC2C1. The third-order valence-electron chi connectivity index (χ3n) is 6.00. The van der Waals surface area contributed by atoms with E-state index in [1.807, 2.05) is 7.05 Å². The summed E-state index contributed by atoms with van der Waals surface area (Å²) in [5, 5.41) is 7.23. The van der Waals surface area contributed by atoms with E-state index in [-0.39, 0.29) is 0 Å². The first kappa shape index (κ1) is 16.1. The van der Waals surface area contributed by atoms with Gasteiger partial charge in [0.1, 0.15) is 0 Å². The van der Waals surface area contributed by atoms with Crippen LogP contribution in [0.1, 0.15) is 57.8 Å². The maximum atomic E-state index is 5.43. The minimum Gasteiger partial charge on any atom is -0.381 e. The predicted octanol–water partition coefficient (Wildman–Crippen LogP) is 2.94. The van der Waals surface area contributed by atoms with Crippen molar-refractivity contribution in [2.75, 3.05) is 26.8 Å². The van der Waals surface area contributed by atoms with Gasteiger partial charge in [-0.25, -0.2) is 0 Å². The average molecular weight is 307 g/mol. The summed E-state index contributed by atoms with van der Waals surface area (Å²) in [6, 6.07) is 0.625. The van der Waals surface area contributed by atoms with Gasteiger partial charge in [-0.3, -0.25) is 4.99 Å². The van der Waals surface area contributed by atoms with Gasteiger partial charge in [0.15, 0.2) is 5.96 Å². The summed E-state index contributed by atoms with van der Waals surface area (Å²) >= 11 is 0. The molecule has 22 heavy (non-hydrogen) atoms. The molecule has 2 aliphatic carbocycles. The lowest BCUT2D eigenvalue weighted by molar-refractivity contribution is 0.0675. The van der Waals surface area contributed by atoms with Gasteiger partial charge in [-0.2, -0.15) is 0 Å². The highest BCUT2D eigenvalue weighted by atomic mass is 16.5. The van der Waals surface area contributed by atoms with Crippen molar-refractivity contribution in [3.8, 4) is 0 Å². The van der Waals surface area contributed by atoms with Crippen LogP contribution in [-0.4, -0.2) is 38.8 Å². The van der Waals surface area contributed by atoms with Crippen molar-refractivity contribution in [2.24, 2.45) is 22.7 Å². The molecule has 3 atom stereocenters. The molecule has 3 aliphatic rings. The van der Waals surface area contributed by atoms with Crippen LogP contribution in [0.5, 0.6) is 0 Å². The van der Waals surface area contributed by atoms with E-state index >= 15 is 0 Å². The molecule has 1 heterocycles. The fourth-order valence-corrected chi connectivity index (χ4v) is 4.58. The first-order chi connectivity index (χ1) is 10.8. The Balaban J connectivity index is 1.42. The van der Waals surface area contributed by atoms with Crippen LogP contribution in [0.4, 0.5) is 0 Å². The van der Waals surface area contributed by atoms with Crippen LogP contribution in [0.25, 0.3) is 0 Å². The Hall–Kier alpha value is -0.770. The molecule has 0 spiro atoms. The van der Waals surface area contributed by atoms with E-state index < -0.39 is 0 Å². The van der Waals surface area contributed by atoms with Crippen LogP contribution in [0.3, 0.4) is 0 Å². The second-order valence-corrected chi connectivity index (χ2v) is 7.47. The maximum Gasteiger partial charge on any atom is 0.191 e. The zero-order valence-electron chi connectivity index (χ0n) is 14.2. The third kappa shape index (κ3) is 4.37. The van der Waals surface area contributed by atoms with Crippen molar-refractivity contribution < 1.29 is 4.74 Å². The Kier molecular flexibility index (Phi) is 5.99. The zero-order valence-corrected chi connectivity index (χ0v) is 14.2. The number of hydrogen-bond donors (Lipinski definition) is 2. The van der Waals surface area contributed by atoms with E-state index in [0.29, 0.717) is 6.04 Å². The molecule has 4 nitrogen and oxygen atoms in total.